The average Bonchev–Trinajstić information content (AvgIpc) is 2.87. The molecule has 4 nitrogen and oxygen atoms in total. The first kappa shape index (κ1) is 12.2. The fraction of sp³-hybridized carbons (Fsp3) is 0.214. The summed E-state index contributed by atoms with van der Waals surface area (Å²) >= 11 is 0. The van der Waals surface area contributed by atoms with Crippen LogP contribution in [0.5, 0.6) is 0 Å². The molecule has 0 fully saturated rings. The van der Waals surface area contributed by atoms with Crippen molar-refractivity contribution in [3.63, 3.8) is 0 Å². The predicted molar refractivity (Wildman–Crippen MR) is 76.9 cm³/mol. The van der Waals surface area contributed by atoms with Crippen molar-refractivity contribution in [2.24, 2.45) is 4.99 Å². The van der Waals surface area contributed by atoms with Gasteiger partial charge in [0.25, 0.3) is 0 Å². The van der Waals surface area contributed by atoms with Crippen LogP contribution in [0.4, 0.5) is 0 Å². The molecule has 0 spiro atoms. The minimum atomic E-state index is -3.27. The third-order valence-electron chi connectivity index (χ3n) is 3.23. The van der Waals surface area contributed by atoms with Crippen molar-refractivity contribution in [1.29, 1.82) is 0 Å². The molecule has 2 aromatic carbocycles. The number of amidine groups is 1. The topological polar surface area (TPSA) is 49.7 Å². The first-order chi connectivity index (χ1) is 9.07. The molecule has 19 heavy (non-hydrogen) atoms. The highest BCUT2D eigenvalue weighted by Crippen LogP contribution is 2.23. The van der Waals surface area contributed by atoms with Crippen LogP contribution in [0.15, 0.2) is 47.5 Å². The molecular weight excluding hydrogens is 260 g/mol. The Morgan fingerprint density at radius 1 is 1.11 bits per heavy atom. The number of rotatable bonds is 2. The van der Waals surface area contributed by atoms with Gasteiger partial charge in [-0.15, -0.1) is 0 Å². The van der Waals surface area contributed by atoms with Gasteiger partial charge in [-0.2, -0.15) is 0 Å². The number of hydrogen-bond donors (Lipinski definition) is 0. The van der Waals surface area contributed by atoms with Crippen molar-refractivity contribution in [2.45, 2.75) is 0 Å². The second kappa shape index (κ2) is 4.35. The molecular formula is C14H14N2O2S. The van der Waals surface area contributed by atoms with Gasteiger partial charge in [-0.05, 0) is 10.8 Å². The van der Waals surface area contributed by atoms with E-state index in [9.17, 15) is 8.42 Å². The minimum Gasteiger partial charge on any atom is -0.265 e. The predicted octanol–water partition coefficient (Wildman–Crippen LogP) is 1.86. The fourth-order valence-electron chi connectivity index (χ4n) is 2.39. The van der Waals surface area contributed by atoms with Gasteiger partial charge in [0, 0.05) is 5.56 Å². The van der Waals surface area contributed by atoms with E-state index in [2.05, 4.69) is 4.99 Å². The lowest BCUT2D eigenvalue weighted by Crippen LogP contribution is -2.34. The maximum absolute atomic E-state index is 11.8. The molecule has 0 unspecified atom stereocenters. The summed E-state index contributed by atoms with van der Waals surface area (Å²) in [4.78, 5) is 4.37. The number of benzene rings is 2. The Kier molecular flexibility index (Phi) is 2.78. The van der Waals surface area contributed by atoms with Gasteiger partial charge in [0.05, 0.1) is 19.3 Å². The largest absolute Gasteiger partial charge is 0.265 e. The van der Waals surface area contributed by atoms with Gasteiger partial charge in [-0.25, -0.2) is 8.42 Å². The first-order valence-electron chi connectivity index (χ1n) is 6.08. The lowest BCUT2D eigenvalue weighted by molar-refractivity contribution is 0.545. The van der Waals surface area contributed by atoms with Gasteiger partial charge < -0.3 is 0 Å². The third kappa shape index (κ3) is 2.10. The molecule has 98 valence electrons. The SMILES string of the molecule is CS(=O)(=O)N1CCN=C1c1cccc2ccccc12. The Morgan fingerprint density at radius 3 is 2.63 bits per heavy atom. The molecule has 0 aliphatic carbocycles. The number of aliphatic imine (C=N–C) groups is 1. The quantitative estimate of drug-likeness (QED) is 0.839. The molecule has 0 amide bonds. The molecule has 0 saturated heterocycles. The van der Waals surface area contributed by atoms with Crippen molar-refractivity contribution in [3.05, 3.63) is 48.0 Å². The van der Waals surface area contributed by atoms with E-state index in [-0.39, 0.29) is 0 Å². The average molecular weight is 274 g/mol. The number of fused-ring (bicyclic) bond motifs is 1. The van der Waals surface area contributed by atoms with Gasteiger partial charge in [-0.1, -0.05) is 42.5 Å². The molecule has 3 rings (SSSR count). The number of nitrogens with zero attached hydrogens (tertiary/aromatic N) is 2. The summed E-state index contributed by atoms with van der Waals surface area (Å²) in [6, 6.07) is 13.8. The summed E-state index contributed by atoms with van der Waals surface area (Å²) in [5.74, 6) is 0.555. The monoisotopic (exact) mass is 274 g/mol. The van der Waals surface area contributed by atoms with Crippen molar-refractivity contribution in [3.8, 4) is 0 Å². The van der Waals surface area contributed by atoms with Crippen molar-refractivity contribution >= 4 is 26.6 Å². The van der Waals surface area contributed by atoms with Crippen molar-refractivity contribution < 1.29 is 8.42 Å². The standard InChI is InChI=1S/C14H14N2O2S/c1-19(17,18)16-10-9-15-14(16)13-8-4-6-11-5-2-3-7-12(11)13/h2-8H,9-10H2,1H3. The van der Waals surface area contributed by atoms with Gasteiger partial charge >= 0.3 is 0 Å². The van der Waals surface area contributed by atoms with Crippen LogP contribution in [0.25, 0.3) is 10.8 Å². The van der Waals surface area contributed by atoms with E-state index < -0.39 is 10.0 Å². The zero-order valence-corrected chi connectivity index (χ0v) is 11.4. The normalized spacial score (nSPS) is 15.8. The van der Waals surface area contributed by atoms with Gasteiger partial charge in [0.15, 0.2) is 0 Å². The Bertz CT molecular complexity index is 761. The van der Waals surface area contributed by atoms with E-state index in [1.165, 1.54) is 10.6 Å². The highest BCUT2D eigenvalue weighted by Gasteiger charge is 2.27. The highest BCUT2D eigenvalue weighted by atomic mass is 32.2. The molecule has 0 atom stereocenters. The Hall–Kier alpha value is -1.88. The van der Waals surface area contributed by atoms with E-state index in [1.54, 1.807) is 0 Å². The second-order valence-corrected chi connectivity index (χ2v) is 6.47. The Balaban J connectivity index is 2.20. The van der Waals surface area contributed by atoms with E-state index in [4.69, 9.17) is 0 Å². The summed E-state index contributed by atoms with van der Waals surface area (Å²) in [5.41, 5.74) is 0.876. The van der Waals surface area contributed by atoms with Crippen LogP contribution in [-0.4, -0.2) is 37.9 Å². The van der Waals surface area contributed by atoms with Crippen LogP contribution >= 0.6 is 0 Å². The molecule has 1 aliphatic rings. The molecule has 1 aliphatic heterocycles. The third-order valence-corrected chi connectivity index (χ3v) is 4.39. The Morgan fingerprint density at radius 2 is 1.84 bits per heavy atom. The van der Waals surface area contributed by atoms with Crippen LogP contribution in [-0.2, 0) is 10.0 Å². The molecule has 0 bridgehead atoms. The second-order valence-electron chi connectivity index (χ2n) is 4.57. The van der Waals surface area contributed by atoms with Crippen LogP contribution in [0, 0.1) is 0 Å². The highest BCUT2D eigenvalue weighted by molar-refractivity contribution is 7.88. The fourth-order valence-corrected chi connectivity index (χ4v) is 3.28. The summed E-state index contributed by atoms with van der Waals surface area (Å²) in [7, 11) is -3.27. The van der Waals surface area contributed by atoms with E-state index in [1.807, 2.05) is 42.5 Å². The summed E-state index contributed by atoms with van der Waals surface area (Å²) in [6.45, 7) is 0.947. The Labute approximate surface area is 112 Å². The summed E-state index contributed by atoms with van der Waals surface area (Å²) < 4.78 is 25.0. The maximum Gasteiger partial charge on any atom is 0.233 e. The zero-order chi connectivity index (χ0) is 13.5. The number of sulfonamides is 1. The van der Waals surface area contributed by atoms with E-state index in [0.717, 1.165) is 16.3 Å². The maximum atomic E-state index is 11.8. The van der Waals surface area contributed by atoms with Crippen LogP contribution < -0.4 is 0 Å². The summed E-state index contributed by atoms with van der Waals surface area (Å²) in [6.07, 6.45) is 1.22. The summed E-state index contributed by atoms with van der Waals surface area (Å²) in [5, 5.41) is 2.11. The van der Waals surface area contributed by atoms with E-state index in [0.29, 0.717) is 18.9 Å². The molecule has 1 heterocycles. The lowest BCUT2D eigenvalue weighted by atomic mass is 10.0. The lowest BCUT2D eigenvalue weighted by Gasteiger charge is -2.18. The van der Waals surface area contributed by atoms with Crippen molar-refractivity contribution in [1.82, 2.24) is 4.31 Å². The first-order valence-corrected chi connectivity index (χ1v) is 7.92. The van der Waals surface area contributed by atoms with Crippen LogP contribution in [0.1, 0.15) is 5.56 Å². The smallest absolute Gasteiger partial charge is 0.233 e. The van der Waals surface area contributed by atoms with Gasteiger partial charge in [0.1, 0.15) is 5.84 Å². The molecule has 0 N–H and O–H groups in total. The van der Waals surface area contributed by atoms with Gasteiger partial charge in [0.2, 0.25) is 10.0 Å². The zero-order valence-electron chi connectivity index (χ0n) is 10.6. The van der Waals surface area contributed by atoms with Crippen LogP contribution in [0.3, 0.4) is 0 Å². The molecule has 0 radical (unpaired) electrons. The molecule has 0 saturated carbocycles. The van der Waals surface area contributed by atoms with E-state index >= 15 is 0 Å². The molecule has 2 aromatic rings. The minimum absolute atomic E-state index is 0.428. The van der Waals surface area contributed by atoms with Crippen LogP contribution in [0.2, 0.25) is 0 Å². The van der Waals surface area contributed by atoms with Crippen molar-refractivity contribution in [2.75, 3.05) is 19.3 Å². The molecule has 5 heteroatoms. The number of hydrogen-bond acceptors (Lipinski definition) is 3. The molecule has 0 aromatic heterocycles. The van der Waals surface area contributed by atoms with Gasteiger partial charge in [-0.3, -0.25) is 9.30 Å².